The van der Waals surface area contributed by atoms with Gasteiger partial charge >= 0.3 is 18.0 Å². The van der Waals surface area contributed by atoms with Crippen LogP contribution in [-0.2, 0) is 4.79 Å². The van der Waals surface area contributed by atoms with Gasteiger partial charge in [-0.1, -0.05) is 0 Å². The molecule has 0 atom stereocenters. The van der Waals surface area contributed by atoms with Gasteiger partial charge in [-0.2, -0.15) is 0 Å². The third-order valence-electron chi connectivity index (χ3n) is 3.12. The fourth-order valence-electron chi connectivity index (χ4n) is 2.08. The van der Waals surface area contributed by atoms with Crippen molar-refractivity contribution in [2.24, 2.45) is 11.7 Å². The molecule has 0 aromatic carbocycles. The first-order valence-electron chi connectivity index (χ1n) is 6.29. The number of nitrogens with one attached hydrogen (secondary N) is 3. The second-order valence-corrected chi connectivity index (χ2v) is 4.58. The van der Waals surface area contributed by atoms with Crippen molar-refractivity contribution in [1.29, 1.82) is 0 Å². The van der Waals surface area contributed by atoms with Crippen LogP contribution in [0.1, 0.15) is 25.7 Å². The number of aliphatic carboxylic acids is 1. The normalized spacial score (nSPS) is 22.3. The van der Waals surface area contributed by atoms with Crippen molar-refractivity contribution in [2.45, 2.75) is 31.7 Å². The Morgan fingerprint density at radius 1 is 1.05 bits per heavy atom. The molecule has 0 spiro atoms. The molecule has 0 saturated heterocycles. The summed E-state index contributed by atoms with van der Waals surface area (Å²) in [6, 6.07) is -0.932. The molecular weight excluding hydrogens is 252 g/mol. The fraction of sp³-hybridized carbons (Fsp3) is 0.727. The highest BCUT2D eigenvalue weighted by Crippen LogP contribution is 2.24. The molecule has 8 nitrogen and oxygen atoms in total. The Morgan fingerprint density at radius 3 is 2.16 bits per heavy atom. The first-order chi connectivity index (χ1) is 8.99. The molecule has 8 heteroatoms. The lowest BCUT2D eigenvalue weighted by Crippen LogP contribution is -2.46. The summed E-state index contributed by atoms with van der Waals surface area (Å²) in [4.78, 5) is 32.6. The number of hydrogen-bond acceptors (Lipinski definition) is 3. The van der Waals surface area contributed by atoms with E-state index in [2.05, 4.69) is 16.0 Å². The van der Waals surface area contributed by atoms with Crippen LogP contribution >= 0.6 is 0 Å². The van der Waals surface area contributed by atoms with Gasteiger partial charge in [0.2, 0.25) is 0 Å². The maximum atomic E-state index is 11.5. The monoisotopic (exact) mass is 272 g/mol. The van der Waals surface area contributed by atoms with Gasteiger partial charge in [-0.05, 0) is 25.7 Å². The summed E-state index contributed by atoms with van der Waals surface area (Å²) in [7, 11) is 0. The van der Waals surface area contributed by atoms with Crippen LogP contribution in [0, 0.1) is 5.92 Å². The van der Waals surface area contributed by atoms with Gasteiger partial charge in [-0.15, -0.1) is 0 Å². The number of rotatable bonds is 5. The second kappa shape index (κ2) is 7.45. The van der Waals surface area contributed by atoms with Gasteiger partial charge in [-0.25, -0.2) is 9.59 Å². The van der Waals surface area contributed by atoms with Gasteiger partial charge in [0, 0.05) is 19.1 Å². The zero-order valence-electron chi connectivity index (χ0n) is 10.6. The number of amides is 4. The zero-order chi connectivity index (χ0) is 14.3. The van der Waals surface area contributed by atoms with E-state index in [0.717, 1.165) is 0 Å². The van der Waals surface area contributed by atoms with Gasteiger partial charge < -0.3 is 26.8 Å². The molecule has 4 amide bonds. The minimum atomic E-state index is -0.763. The minimum absolute atomic E-state index is 0.0136. The topological polar surface area (TPSA) is 134 Å². The molecule has 1 aliphatic carbocycles. The number of primary amides is 1. The molecule has 1 rings (SSSR count). The molecule has 0 aliphatic heterocycles. The number of nitrogens with two attached hydrogens (primary N) is 1. The first-order valence-corrected chi connectivity index (χ1v) is 6.29. The lowest BCUT2D eigenvalue weighted by molar-refractivity contribution is -0.142. The van der Waals surface area contributed by atoms with E-state index in [-0.39, 0.29) is 24.5 Å². The Labute approximate surface area is 111 Å². The summed E-state index contributed by atoms with van der Waals surface area (Å²) in [6.07, 6.45) is 2.51. The Balaban J connectivity index is 2.13. The quantitative estimate of drug-likeness (QED) is 0.435. The smallest absolute Gasteiger partial charge is 0.315 e. The summed E-state index contributed by atoms with van der Waals surface area (Å²) < 4.78 is 0. The van der Waals surface area contributed by atoms with Gasteiger partial charge in [0.05, 0.1) is 5.92 Å². The summed E-state index contributed by atoms with van der Waals surface area (Å²) in [5, 5.41) is 16.6. The number of urea groups is 2. The van der Waals surface area contributed by atoms with Crippen LogP contribution in [0.2, 0.25) is 0 Å². The van der Waals surface area contributed by atoms with Crippen molar-refractivity contribution in [2.75, 3.05) is 13.1 Å². The fourth-order valence-corrected chi connectivity index (χ4v) is 2.08. The molecular formula is C11H20N4O4. The van der Waals surface area contributed by atoms with E-state index >= 15 is 0 Å². The summed E-state index contributed by atoms with van der Waals surface area (Å²) in [5.74, 6) is -1.05. The SMILES string of the molecule is NC(=O)NCCNC(=O)NC1CCC(C(=O)O)CC1. The maximum absolute atomic E-state index is 11.5. The molecule has 1 saturated carbocycles. The van der Waals surface area contributed by atoms with E-state index in [4.69, 9.17) is 10.8 Å². The van der Waals surface area contributed by atoms with Gasteiger partial charge in [0.15, 0.2) is 0 Å². The van der Waals surface area contributed by atoms with Crippen LogP contribution in [0.25, 0.3) is 0 Å². The number of hydrogen-bond donors (Lipinski definition) is 5. The molecule has 6 N–H and O–H groups in total. The lowest BCUT2D eigenvalue weighted by Gasteiger charge is -2.26. The molecule has 108 valence electrons. The van der Waals surface area contributed by atoms with Crippen LogP contribution < -0.4 is 21.7 Å². The Hall–Kier alpha value is -1.99. The third-order valence-corrected chi connectivity index (χ3v) is 3.12. The molecule has 19 heavy (non-hydrogen) atoms. The minimum Gasteiger partial charge on any atom is -0.481 e. The molecule has 0 bridgehead atoms. The Morgan fingerprint density at radius 2 is 1.63 bits per heavy atom. The Kier molecular flexibility index (Phi) is 5.91. The van der Waals surface area contributed by atoms with Crippen molar-refractivity contribution in [3.8, 4) is 0 Å². The number of carboxylic acid groups (broad SMARTS) is 1. The van der Waals surface area contributed by atoms with Crippen molar-refractivity contribution < 1.29 is 19.5 Å². The van der Waals surface area contributed by atoms with Crippen LogP contribution in [0.15, 0.2) is 0 Å². The lowest BCUT2D eigenvalue weighted by atomic mass is 9.86. The Bertz CT molecular complexity index is 340. The van der Waals surface area contributed by atoms with Crippen molar-refractivity contribution in [1.82, 2.24) is 16.0 Å². The molecule has 0 radical (unpaired) electrons. The predicted molar refractivity (Wildman–Crippen MR) is 67.5 cm³/mol. The van der Waals surface area contributed by atoms with Crippen LogP contribution in [-0.4, -0.2) is 42.3 Å². The largest absolute Gasteiger partial charge is 0.481 e. The average molecular weight is 272 g/mol. The van der Waals surface area contributed by atoms with Crippen molar-refractivity contribution in [3.63, 3.8) is 0 Å². The summed E-state index contributed by atoms with van der Waals surface area (Å²) in [5.41, 5.74) is 4.87. The van der Waals surface area contributed by atoms with Crippen molar-refractivity contribution in [3.05, 3.63) is 0 Å². The van der Waals surface area contributed by atoms with Gasteiger partial charge in [0.25, 0.3) is 0 Å². The molecule has 1 aliphatic rings. The zero-order valence-corrected chi connectivity index (χ0v) is 10.6. The number of carbonyl (C=O) groups is 3. The van der Waals surface area contributed by atoms with Crippen LogP contribution in [0.3, 0.4) is 0 Å². The predicted octanol–water partition coefficient (Wildman–Crippen LogP) is -0.403. The molecule has 0 aromatic heterocycles. The maximum Gasteiger partial charge on any atom is 0.315 e. The summed E-state index contributed by atoms with van der Waals surface area (Å²) in [6.45, 7) is 0.563. The van der Waals surface area contributed by atoms with Gasteiger partial charge in [-0.3, -0.25) is 4.79 Å². The van der Waals surface area contributed by atoms with E-state index in [1.807, 2.05) is 0 Å². The van der Waals surface area contributed by atoms with Gasteiger partial charge in [0.1, 0.15) is 0 Å². The molecule has 1 fully saturated rings. The highest BCUT2D eigenvalue weighted by atomic mass is 16.4. The molecule has 0 unspecified atom stereocenters. The van der Waals surface area contributed by atoms with Crippen LogP contribution in [0.5, 0.6) is 0 Å². The van der Waals surface area contributed by atoms with Crippen molar-refractivity contribution >= 4 is 18.0 Å². The number of carbonyl (C=O) groups excluding carboxylic acids is 2. The highest BCUT2D eigenvalue weighted by Gasteiger charge is 2.26. The van der Waals surface area contributed by atoms with Crippen LogP contribution in [0.4, 0.5) is 9.59 Å². The summed E-state index contributed by atoms with van der Waals surface area (Å²) >= 11 is 0. The molecule has 0 heterocycles. The van der Waals surface area contributed by atoms with E-state index < -0.39 is 12.0 Å². The van der Waals surface area contributed by atoms with E-state index in [0.29, 0.717) is 32.2 Å². The third kappa shape index (κ3) is 5.94. The average Bonchev–Trinajstić information content (AvgIpc) is 2.35. The van der Waals surface area contributed by atoms with E-state index in [1.54, 1.807) is 0 Å². The standard InChI is InChI=1S/C11H20N4O4/c12-10(18)13-5-6-14-11(19)15-8-3-1-7(2-4-8)9(16)17/h7-8H,1-6H2,(H,16,17)(H3,12,13,18)(H2,14,15,19). The van der Waals surface area contributed by atoms with E-state index in [1.165, 1.54) is 0 Å². The molecule has 0 aromatic rings. The van der Waals surface area contributed by atoms with E-state index in [9.17, 15) is 14.4 Å². The number of carboxylic acids is 1. The highest BCUT2D eigenvalue weighted by molar-refractivity contribution is 5.75. The second-order valence-electron chi connectivity index (χ2n) is 4.58. The first kappa shape index (κ1) is 15.1.